The molecule has 4 aromatic rings. The van der Waals surface area contributed by atoms with Crippen LogP contribution in [0.4, 0.5) is 0 Å². The molecule has 1 saturated carbocycles. The fraction of sp³-hybridized carbons (Fsp3) is 0.318. The Balaban J connectivity index is 1.33. The van der Waals surface area contributed by atoms with Crippen molar-refractivity contribution >= 4 is 22.5 Å². The highest BCUT2D eigenvalue weighted by Gasteiger charge is 2.33. The predicted octanol–water partition coefficient (Wildman–Crippen LogP) is 2.80. The Hall–Kier alpha value is -3.19. The number of H-pyrrole nitrogens is 1. The van der Waals surface area contributed by atoms with Gasteiger partial charge in [0.1, 0.15) is 5.65 Å². The molecule has 0 spiro atoms. The van der Waals surface area contributed by atoms with Gasteiger partial charge in [-0.3, -0.25) is 9.69 Å². The van der Waals surface area contributed by atoms with E-state index in [-0.39, 0.29) is 5.91 Å². The number of rotatable bonds is 3. The van der Waals surface area contributed by atoms with Gasteiger partial charge in [-0.25, -0.2) is 9.50 Å². The van der Waals surface area contributed by atoms with E-state index < -0.39 is 0 Å². The molecular formula is C22H22N6O. The highest BCUT2D eigenvalue weighted by Crippen LogP contribution is 2.30. The lowest BCUT2D eigenvalue weighted by atomic mass is 10.1. The van der Waals surface area contributed by atoms with Gasteiger partial charge in [0.05, 0.1) is 17.3 Å². The maximum absolute atomic E-state index is 13.2. The first-order valence-corrected chi connectivity index (χ1v) is 10.2. The molecule has 1 amide bonds. The summed E-state index contributed by atoms with van der Waals surface area (Å²) in [5.41, 5.74) is 4.50. The number of hydrogen-bond donors (Lipinski definition) is 1. The van der Waals surface area contributed by atoms with Gasteiger partial charge in [-0.15, -0.1) is 0 Å². The Bertz CT molecular complexity index is 1210. The summed E-state index contributed by atoms with van der Waals surface area (Å²) in [6.07, 6.45) is 10.00. The van der Waals surface area contributed by atoms with Gasteiger partial charge in [0.25, 0.3) is 5.91 Å². The monoisotopic (exact) mass is 386 g/mol. The molecule has 29 heavy (non-hydrogen) atoms. The van der Waals surface area contributed by atoms with Gasteiger partial charge >= 0.3 is 0 Å². The molecule has 1 aliphatic heterocycles. The van der Waals surface area contributed by atoms with E-state index in [1.54, 1.807) is 16.9 Å². The molecule has 0 atom stereocenters. The van der Waals surface area contributed by atoms with Crippen LogP contribution in [-0.4, -0.2) is 67.5 Å². The molecule has 0 unspecified atom stereocenters. The fourth-order valence-electron chi connectivity index (χ4n) is 4.41. The van der Waals surface area contributed by atoms with Gasteiger partial charge in [-0.2, -0.15) is 5.10 Å². The topological polar surface area (TPSA) is 69.5 Å². The molecule has 146 valence electrons. The van der Waals surface area contributed by atoms with Crippen molar-refractivity contribution in [3.8, 4) is 11.1 Å². The third-order valence-corrected chi connectivity index (χ3v) is 6.18. The zero-order valence-corrected chi connectivity index (χ0v) is 16.1. The second-order valence-electron chi connectivity index (χ2n) is 7.96. The number of carbonyl (C=O) groups is 1. The van der Waals surface area contributed by atoms with Crippen LogP contribution >= 0.6 is 0 Å². The Morgan fingerprint density at radius 3 is 2.83 bits per heavy atom. The van der Waals surface area contributed by atoms with E-state index in [9.17, 15) is 4.79 Å². The molecular weight excluding hydrogens is 364 g/mol. The average Bonchev–Trinajstić information content (AvgIpc) is 3.40. The molecule has 0 bridgehead atoms. The van der Waals surface area contributed by atoms with Crippen molar-refractivity contribution in [3.05, 3.63) is 54.6 Å². The van der Waals surface area contributed by atoms with E-state index in [0.717, 1.165) is 59.9 Å². The lowest BCUT2D eigenvalue weighted by Gasteiger charge is -2.34. The molecule has 2 aliphatic rings. The number of nitrogens with zero attached hydrogens (tertiary/aromatic N) is 5. The highest BCUT2D eigenvalue weighted by atomic mass is 16.2. The van der Waals surface area contributed by atoms with Crippen LogP contribution in [0.2, 0.25) is 0 Å². The molecule has 0 aromatic carbocycles. The van der Waals surface area contributed by atoms with Crippen molar-refractivity contribution in [2.24, 2.45) is 0 Å². The molecule has 7 nitrogen and oxygen atoms in total. The summed E-state index contributed by atoms with van der Waals surface area (Å²) < 4.78 is 1.78. The smallest absolute Gasteiger partial charge is 0.257 e. The number of amides is 1. The van der Waals surface area contributed by atoms with Crippen LogP contribution in [0.15, 0.2) is 49.1 Å². The number of pyridine rings is 2. The molecule has 1 aliphatic carbocycles. The number of piperazine rings is 1. The minimum atomic E-state index is 0.0770. The van der Waals surface area contributed by atoms with Crippen molar-refractivity contribution in [2.75, 3.05) is 26.2 Å². The van der Waals surface area contributed by atoms with E-state index in [1.807, 2.05) is 29.4 Å². The maximum Gasteiger partial charge on any atom is 0.257 e. The van der Waals surface area contributed by atoms with Gasteiger partial charge in [-0.1, -0.05) is 0 Å². The van der Waals surface area contributed by atoms with Crippen LogP contribution in [0.5, 0.6) is 0 Å². The quantitative estimate of drug-likeness (QED) is 0.588. The first-order chi connectivity index (χ1) is 14.3. The maximum atomic E-state index is 13.2. The predicted molar refractivity (Wildman–Crippen MR) is 111 cm³/mol. The molecule has 0 radical (unpaired) electrons. The lowest BCUT2D eigenvalue weighted by Crippen LogP contribution is -2.49. The average molecular weight is 386 g/mol. The number of hydrogen-bond acceptors (Lipinski definition) is 4. The summed E-state index contributed by atoms with van der Waals surface area (Å²) in [5.74, 6) is 0.0770. The minimum absolute atomic E-state index is 0.0770. The van der Waals surface area contributed by atoms with Crippen LogP contribution in [-0.2, 0) is 0 Å². The van der Waals surface area contributed by atoms with Gasteiger partial charge in [0.2, 0.25) is 0 Å². The largest absolute Gasteiger partial charge is 0.346 e. The third kappa shape index (κ3) is 2.81. The van der Waals surface area contributed by atoms with E-state index in [1.165, 1.54) is 12.8 Å². The number of carbonyl (C=O) groups excluding carboxylic acids is 1. The van der Waals surface area contributed by atoms with E-state index in [2.05, 4.69) is 32.1 Å². The summed E-state index contributed by atoms with van der Waals surface area (Å²) in [7, 11) is 0. The zero-order valence-electron chi connectivity index (χ0n) is 16.1. The molecule has 1 N–H and O–H groups in total. The van der Waals surface area contributed by atoms with Crippen molar-refractivity contribution in [3.63, 3.8) is 0 Å². The minimum Gasteiger partial charge on any atom is -0.346 e. The Morgan fingerprint density at radius 2 is 2.00 bits per heavy atom. The second-order valence-corrected chi connectivity index (χ2v) is 7.96. The normalized spacial score (nSPS) is 18.0. The van der Waals surface area contributed by atoms with Crippen LogP contribution in [0, 0.1) is 0 Å². The van der Waals surface area contributed by atoms with E-state index >= 15 is 0 Å². The van der Waals surface area contributed by atoms with Crippen LogP contribution < -0.4 is 0 Å². The van der Waals surface area contributed by atoms with Crippen LogP contribution in [0.3, 0.4) is 0 Å². The van der Waals surface area contributed by atoms with Crippen molar-refractivity contribution in [1.82, 2.24) is 29.4 Å². The number of aromatic nitrogens is 4. The number of aromatic amines is 1. The van der Waals surface area contributed by atoms with Gasteiger partial charge < -0.3 is 9.88 Å². The standard InChI is InChI=1S/C22H22N6O/c29-22(27-10-8-26(9-11-27)16-3-4-16)19-14-25-28-7-5-15(12-20(19)28)18-13-24-21-17(18)2-1-6-23-21/h1-2,5-7,12-14,16H,3-4,8-11H2,(H,23,24). The summed E-state index contributed by atoms with van der Waals surface area (Å²) in [5, 5.41) is 5.48. The highest BCUT2D eigenvalue weighted by molar-refractivity contribution is 6.02. The third-order valence-electron chi connectivity index (χ3n) is 6.18. The van der Waals surface area contributed by atoms with Crippen LogP contribution in [0.25, 0.3) is 27.7 Å². The first-order valence-electron chi connectivity index (χ1n) is 10.2. The summed E-state index contributed by atoms with van der Waals surface area (Å²) in [6.45, 7) is 3.54. The molecule has 1 saturated heterocycles. The Morgan fingerprint density at radius 1 is 1.14 bits per heavy atom. The van der Waals surface area contributed by atoms with Crippen molar-refractivity contribution < 1.29 is 4.79 Å². The molecule has 2 fully saturated rings. The fourth-order valence-corrected chi connectivity index (χ4v) is 4.41. The number of fused-ring (bicyclic) bond motifs is 2. The second kappa shape index (κ2) is 6.42. The molecule has 6 rings (SSSR count). The van der Waals surface area contributed by atoms with Crippen molar-refractivity contribution in [2.45, 2.75) is 18.9 Å². The SMILES string of the molecule is O=C(c1cnn2ccc(-c3c[nH]c4ncccc34)cc12)N1CCN(C2CC2)CC1. The molecule has 4 aromatic heterocycles. The van der Waals surface area contributed by atoms with Gasteiger partial charge in [0, 0.05) is 61.8 Å². The first kappa shape index (κ1) is 16.7. The summed E-state index contributed by atoms with van der Waals surface area (Å²) in [4.78, 5) is 25.3. The molecule has 7 heteroatoms. The summed E-state index contributed by atoms with van der Waals surface area (Å²) in [6, 6.07) is 8.83. The van der Waals surface area contributed by atoms with E-state index in [4.69, 9.17) is 0 Å². The Kier molecular flexibility index (Phi) is 3.70. The number of nitrogens with one attached hydrogen (secondary N) is 1. The van der Waals surface area contributed by atoms with Gasteiger partial charge in [0.15, 0.2) is 0 Å². The molecule has 5 heterocycles. The zero-order chi connectivity index (χ0) is 19.4. The van der Waals surface area contributed by atoms with E-state index in [0.29, 0.717) is 5.56 Å². The Labute approximate surface area is 167 Å². The van der Waals surface area contributed by atoms with Gasteiger partial charge in [-0.05, 0) is 42.7 Å². The lowest BCUT2D eigenvalue weighted by molar-refractivity contribution is 0.0629. The summed E-state index contributed by atoms with van der Waals surface area (Å²) >= 11 is 0. The van der Waals surface area contributed by atoms with Crippen molar-refractivity contribution in [1.29, 1.82) is 0 Å². The van der Waals surface area contributed by atoms with Crippen LogP contribution in [0.1, 0.15) is 23.2 Å².